The molecular weight excluding hydrogens is 246 g/mol. The highest BCUT2D eigenvalue weighted by atomic mass is 16.5. The fraction of sp³-hybridized carbons (Fsp3) is 0.500. The number of hydrogen-bond donors (Lipinski definition) is 2. The molecule has 0 aliphatic carbocycles. The van der Waals surface area contributed by atoms with Crippen LogP contribution in [0, 0.1) is 6.92 Å². The lowest BCUT2D eigenvalue weighted by Crippen LogP contribution is -2.34. The molecule has 0 radical (unpaired) electrons. The second-order valence-corrected chi connectivity index (χ2v) is 4.32. The van der Waals surface area contributed by atoms with Crippen LogP contribution in [-0.2, 0) is 9.53 Å². The van der Waals surface area contributed by atoms with Gasteiger partial charge in [0, 0.05) is 13.7 Å². The molecule has 1 unspecified atom stereocenters. The molecule has 5 heteroatoms. The highest BCUT2D eigenvalue weighted by Crippen LogP contribution is 2.11. The smallest absolute Gasteiger partial charge is 0.223 e. The fourth-order valence-electron chi connectivity index (χ4n) is 1.47. The molecule has 0 bridgehead atoms. The van der Waals surface area contributed by atoms with E-state index in [1.54, 1.807) is 0 Å². The van der Waals surface area contributed by atoms with Crippen LogP contribution >= 0.6 is 0 Å². The molecule has 0 aliphatic rings. The van der Waals surface area contributed by atoms with Crippen molar-refractivity contribution in [3.8, 4) is 5.75 Å². The average molecular weight is 267 g/mol. The van der Waals surface area contributed by atoms with Crippen molar-refractivity contribution in [1.82, 2.24) is 5.32 Å². The molecular formula is C14H21NO4. The lowest BCUT2D eigenvalue weighted by atomic mass is 10.2. The number of carbonyl (C=O) groups excluding carboxylic acids is 1. The number of amides is 1. The van der Waals surface area contributed by atoms with E-state index in [9.17, 15) is 9.90 Å². The van der Waals surface area contributed by atoms with Gasteiger partial charge in [0.05, 0.1) is 25.7 Å². The number of aryl methyl sites for hydroxylation is 1. The molecule has 1 atom stereocenters. The molecule has 0 saturated carbocycles. The molecule has 5 nitrogen and oxygen atoms in total. The molecule has 0 saturated heterocycles. The van der Waals surface area contributed by atoms with Gasteiger partial charge in [-0.05, 0) is 19.1 Å². The molecule has 0 aromatic heterocycles. The minimum atomic E-state index is -0.674. The van der Waals surface area contributed by atoms with Crippen LogP contribution < -0.4 is 10.1 Å². The summed E-state index contributed by atoms with van der Waals surface area (Å²) in [5, 5.41) is 12.0. The second-order valence-electron chi connectivity index (χ2n) is 4.32. The van der Waals surface area contributed by atoms with Crippen LogP contribution in [0.4, 0.5) is 0 Å². The van der Waals surface area contributed by atoms with Crippen molar-refractivity contribution in [2.24, 2.45) is 0 Å². The van der Waals surface area contributed by atoms with Gasteiger partial charge < -0.3 is 19.9 Å². The lowest BCUT2D eigenvalue weighted by molar-refractivity contribution is -0.122. The molecule has 1 aromatic rings. The fourth-order valence-corrected chi connectivity index (χ4v) is 1.47. The predicted molar refractivity (Wildman–Crippen MR) is 72.2 cm³/mol. The summed E-state index contributed by atoms with van der Waals surface area (Å²) in [5.74, 6) is 0.597. The first-order valence-corrected chi connectivity index (χ1v) is 6.25. The summed E-state index contributed by atoms with van der Waals surface area (Å²) in [6, 6.07) is 7.65. The zero-order valence-corrected chi connectivity index (χ0v) is 11.4. The van der Waals surface area contributed by atoms with Gasteiger partial charge in [-0.1, -0.05) is 17.7 Å². The molecule has 106 valence electrons. The Bertz CT molecular complexity index is 378. The van der Waals surface area contributed by atoms with Crippen molar-refractivity contribution < 1.29 is 19.4 Å². The Kier molecular flexibility index (Phi) is 6.92. The molecule has 2 N–H and O–H groups in total. The van der Waals surface area contributed by atoms with Crippen LogP contribution in [0.15, 0.2) is 24.3 Å². The van der Waals surface area contributed by atoms with Crippen molar-refractivity contribution in [2.75, 3.05) is 26.9 Å². The Morgan fingerprint density at radius 2 is 2.05 bits per heavy atom. The number of rotatable bonds is 8. The zero-order valence-electron chi connectivity index (χ0n) is 11.4. The van der Waals surface area contributed by atoms with Crippen molar-refractivity contribution in [3.05, 3.63) is 29.8 Å². The molecule has 1 aromatic carbocycles. The lowest BCUT2D eigenvalue weighted by Gasteiger charge is -2.11. The third-order valence-electron chi connectivity index (χ3n) is 2.51. The number of aliphatic hydroxyl groups is 1. The van der Waals surface area contributed by atoms with E-state index in [1.165, 1.54) is 7.11 Å². The maximum Gasteiger partial charge on any atom is 0.223 e. The number of nitrogens with one attached hydrogen (secondary N) is 1. The van der Waals surface area contributed by atoms with Gasteiger partial charge >= 0.3 is 0 Å². The largest absolute Gasteiger partial charge is 0.493 e. The van der Waals surface area contributed by atoms with Crippen molar-refractivity contribution >= 4 is 5.91 Å². The molecule has 0 spiro atoms. The van der Waals surface area contributed by atoms with Crippen LogP contribution in [0.25, 0.3) is 0 Å². The highest BCUT2D eigenvalue weighted by molar-refractivity contribution is 5.76. The summed E-state index contributed by atoms with van der Waals surface area (Å²) in [6.45, 7) is 2.72. The van der Waals surface area contributed by atoms with Crippen molar-refractivity contribution in [3.63, 3.8) is 0 Å². The van der Waals surface area contributed by atoms with E-state index in [0.29, 0.717) is 6.61 Å². The standard InChI is InChI=1S/C14H21NO4/c1-11-3-5-13(6-4-11)19-8-7-14(17)15-9-12(16)10-18-2/h3-6,12,16H,7-10H2,1-2H3,(H,15,17). The van der Waals surface area contributed by atoms with E-state index < -0.39 is 6.10 Å². The number of aliphatic hydroxyl groups excluding tert-OH is 1. The van der Waals surface area contributed by atoms with Crippen molar-refractivity contribution in [2.45, 2.75) is 19.4 Å². The minimum absolute atomic E-state index is 0.151. The van der Waals surface area contributed by atoms with Crippen LogP contribution in [-0.4, -0.2) is 44.0 Å². The van der Waals surface area contributed by atoms with E-state index in [0.717, 1.165) is 11.3 Å². The van der Waals surface area contributed by atoms with Gasteiger partial charge in [0.25, 0.3) is 0 Å². The van der Waals surface area contributed by atoms with Crippen molar-refractivity contribution in [1.29, 1.82) is 0 Å². The van der Waals surface area contributed by atoms with Gasteiger partial charge in [-0.3, -0.25) is 4.79 Å². The van der Waals surface area contributed by atoms with Crippen LogP contribution in [0.1, 0.15) is 12.0 Å². The average Bonchev–Trinajstić information content (AvgIpc) is 2.39. The van der Waals surface area contributed by atoms with Gasteiger partial charge in [-0.25, -0.2) is 0 Å². The van der Waals surface area contributed by atoms with E-state index in [4.69, 9.17) is 9.47 Å². The first-order chi connectivity index (χ1) is 9.11. The first-order valence-electron chi connectivity index (χ1n) is 6.25. The molecule has 0 heterocycles. The summed E-state index contributed by atoms with van der Waals surface area (Å²) in [4.78, 5) is 11.5. The van der Waals surface area contributed by atoms with E-state index in [-0.39, 0.29) is 25.5 Å². The van der Waals surface area contributed by atoms with Crippen LogP contribution in [0.2, 0.25) is 0 Å². The molecule has 1 amide bonds. The summed E-state index contributed by atoms with van der Waals surface area (Å²) in [7, 11) is 1.50. The number of ether oxygens (including phenoxy) is 2. The summed E-state index contributed by atoms with van der Waals surface area (Å²) in [5.41, 5.74) is 1.16. The SMILES string of the molecule is COCC(O)CNC(=O)CCOc1ccc(C)cc1. The number of hydrogen-bond acceptors (Lipinski definition) is 4. The van der Waals surface area contributed by atoms with Crippen LogP contribution in [0.3, 0.4) is 0 Å². The minimum Gasteiger partial charge on any atom is -0.493 e. The summed E-state index contributed by atoms with van der Waals surface area (Å²) >= 11 is 0. The van der Waals surface area contributed by atoms with E-state index >= 15 is 0 Å². The third kappa shape index (κ3) is 6.79. The van der Waals surface area contributed by atoms with Gasteiger partial charge in [-0.15, -0.1) is 0 Å². The number of methoxy groups -OCH3 is 1. The Morgan fingerprint density at radius 3 is 2.68 bits per heavy atom. The monoisotopic (exact) mass is 267 g/mol. The third-order valence-corrected chi connectivity index (χ3v) is 2.51. The van der Waals surface area contributed by atoms with Crippen LogP contribution in [0.5, 0.6) is 5.75 Å². The van der Waals surface area contributed by atoms with Gasteiger partial charge in [0.2, 0.25) is 5.91 Å². The molecule has 19 heavy (non-hydrogen) atoms. The Morgan fingerprint density at radius 1 is 1.37 bits per heavy atom. The maximum atomic E-state index is 11.5. The van der Waals surface area contributed by atoms with Gasteiger partial charge in [-0.2, -0.15) is 0 Å². The molecule has 0 aliphatic heterocycles. The summed E-state index contributed by atoms with van der Waals surface area (Å²) < 4.78 is 10.2. The van der Waals surface area contributed by atoms with Gasteiger partial charge in [0.1, 0.15) is 5.75 Å². The molecule has 1 rings (SSSR count). The Balaban J connectivity index is 2.15. The second kappa shape index (κ2) is 8.50. The topological polar surface area (TPSA) is 67.8 Å². The quantitative estimate of drug-likeness (QED) is 0.734. The first kappa shape index (κ1) is 15.5. The summed E-state index contributed by atoms with van der Waals surface area (Å²) in [6.07, 6.45) is -0.417. The number of carbonyl (C=O) groups is 1. The zero-order chi connectivity index (χ0) is 14.1. The van der Waals surface area contributed by atoms with Gasteiger partial charge in [0.15, 0.2) is 0 Å². The van der Waals surface area contributed by atoms with E-state index in [2.05, 4.69) is 5.32 Å². The highest BCUT2D eigenvalue weighted by Gasteiger charge is 2.06. The maximum absolute atomic E-state index is 11.5. The number of benzene rings is 1. The Hall–Kier alpha value is -1.59. The normalized spacial score (nSPS) is 11.9. The predicted octanol–water partition coefficient (Wildman–Crippen LogP) is 0.887. The molecule has 0 fully saturated rings. The Labute approximate surface area is 113 Å². The van der Waals surface area contributed by atoms with E-state index in [1.807, 2.05) is 31.2 Å².